The molecular weight excluding hydrogens is 395 g/mol. The molecule has 132 valence electrons. The third-order valence-electron chi connectivity index (χ3n) is 2.99. The minimum Gasteiger partial charge on any atom is -0.444 e. The van der Waals surface area contributed by atoms with Crippen LogP contribution >= 0.6 is 24.0 Å². The van der Waals surface area contributed by atoms with Crippen LogP contribution in [0.1, 0.15) is 48.0 Å². The molecule has 0 aromatic rings. The van der Waals surface area contributed by atoms with E-state index in [0.29, 0.717) is 18.4 Å². The van der Waals surface area contributed by atoms with Crippen molar-refractivity contribution in [3.63, 3.8) is 0 Å². The molecule has 0 spiro atoms. The van der Waals surface area contributed by atoms with Crippen LogP contribution in [0.3, 0.4) is 0 Å². The summed E-state index contributed by atoms with van der Waals surface area (Å²) in [5.41, 5.74) is 5.35. The van der Waals surface area contributed by atoms with Gasteiger partial charge >= 0.3 is 6.09 Å². The number of hydrogen-bond donors (Lipinski definition) is 2. The highest BCUT2D eigenvalue weighted by atomic mass is 127. The fourth-order valence-electron chi connectivity index (χ4n) is 1.76. The number of rotatable bonds is 6. The zero-order valence-corrected chi connectivity index (χ0v) is 17.3. The molecule has 0 fully saturated rings. The summed E-state index contributed by atoms with van der Waals surface area (Å²) in [5.74, 6) is 0.840. The van der Waals surface area contributed by atoms with Crippen LogP contribution in [0.15, 0.2) is 4.99 Å². The van der Waals surface area contributed by atoms with Gasteiger partial charge in [0.05, 0.1) is 0 Å². The summed E-state index contributed by atoms with van der Waals surface area (Å²) in [5, 5.41) is 2.93. The Kier molecular flexibility index (Phi) is 11.7. The van der Waals surface area contributed by atoms with Gasteiger partial charge in [0.2, 0.25) is 0 Å². The molecule has 0 rings (SSSR count). The van der Waals surface area contributed by atoms with E-state index < -0.39 is 5.60 Å². The number of nitrogens with two attached hydrogens (primary N) is 1. The molecule has 0 bridgehead atoms. The Labute approximate surface area is 152 Å². The highest BCUT2D eigenvalue weighted by molar-refractivity contribution is 14.0. The molecule has 3 N–H and O–H groups in total. The van der Waals surface area contributed by atoms with Gasteiger partial charge in [-0.05, 0) is 40.0 Å². The number of aliphatic imine (C=N–C) groups is 1. The fourth-order valence-corrected chi connectivity index (χ4v) is 1.76. The molecule has 1 atom stereocenters. The largest absolute Gasteiger partial charge is 0.444 e. The van der Waals surface area contributed by atoms with Gasteiger partial charge in [0, 0.05) is 26.2 Å². The molecule has 0 aliphatic carbocycles. The SMILES string of the molecule is CCN=C(N)N(C)CCC(NC(=O)OC(C)(C)C)C(C)C.I. The number of ether oxygens (including phenoxy) is 1. The quantitative estimate of drug-likeness (QED) is 0.388. The summed E-state index contributed by atoms with van der Waals surface area (Å²) in [4.78, 5) is 17.9. The number of nitrogens with zero attached hydrogens (tertiary/aromatic N) is 2. The number of guanidine groups is 1. The molecule has 7 heteroatoms. The fraction of sp³-hybridized carbons (Fsp3) is 0.867. The lowest BCUT2D eigenvalue weighted by Gasteiger charge is -2.27. The number of alkyl carbamates (subject to hydrolysis) is 1. The first kappa shape index (κ1) is 23.5. The first-order valence-electron chi connectivity index (χ1n) is 7.57. The molecule has 0 heterocycles. The topological polar surface area (TPSA) is 80.0 Å². The summed E-state index contributed by atoms with van der Waals surface area (Å²) in [7, 11) is 1.90. The van der Waals surface area contributed by atoms with Gasteiger partial charge in [-0.15, -0.1) is 24.0 Å². The lowest BCUT2D eigenvalue weighted by molar-refractivity contribution is 0.0486. The molecule has 0 aromatic heterocycles. The number of carbonyl (C=O) groups is 1. The standard InChI is InChI=1S/C15H32N4O2.HI/c1-8-17-13(16)19(7)10-9-12(11(2)3)18-14(20)21-15(4,5)6;/h11-12H,8-10H2,1-7H3,(H2,16,17)(H,18,20);1H. The van der Waals surface area contributed by atoms with E-state index in [1.165, 1.54) is 0 Å². The molecule has 0 aliphatic heterocycles. The molecule has 0 saturated carbocycles. The van der Waals surface area contributed by atoms with Gasteiger partial charge in [0.1, 0.15) is 5.60 Å². The Balaban J connectivity index is 0. The van der Waals surface area contributed by atoms with E-state index in [4.69, 9.17) is 10.5 Å². The molecule has 1 amide bonds. The second-order valence-electron chi connectivity index (χ2n) is 6.54. The molecule has 0 aromatic carbocycles. The predicted molar refractivity (Wildman–Crippen MR) is 103 cm³/mol. The first-order valence-corrected chi connectivity index (χ1v) is 7.57. The van der Waals surface area contributed by atoms with Crippen LogP contribution in [0.4, 0.5) is 4.79 Å². The van der Waals surface area contributed by atoms with Crippen molar-refractivity contribution in [2.24, 2.45) is 16.6 Å². The van der Waals surface area contributed by atoms with Crippen molar-refractivity contribution in [1.29, 1.82) is 0 Å². The van der Waals surface area contributed by atoms with Crippen molar-refractivity contribution in [2.75, 3.05) is 20.1 Å². The molecule has 1 unspecified atom stereocenters. The first-order chi connectivity index (χ1) is 9.56. The smallest absolute Gasteiger partial charge is 0.407 e. The summed E-state index contributed by atoms with van der Waals surface area (Å²) in [6.07, 6.45) is 0.409. The molecule has 6 nitrogen and oxygen atoms in total. The molecule has 0 saturated heterocycles. The van der Waals surface area contributed by atoms with Gasteiger partial charge in [0.15, 0.2) is 5.96 Å². The average Bonchev–Trinajstić information content (AvgIpc) is 2.31. The molecule has 22 heavy (non-hydrogen) atoms. The minimum atomic E-state index is -0.485. The zero-order chi connectivity index (χ0) is 16.6. The monoisotopic (exact) mass is 428 g/mol. The summed E-state index contributed by atoms with van der Waals surface area (Å²) >= 11 is 0. The third kappa shape index (κ3) is 10.9. The van der Waals surface area contributed by atoms with Crippen LogP contribution in [-0.2, 0) is 4.74 Å². The van der Waals surface area contributed by atoms with Gasteiger partial charge in [-0.3, -0.25) is 4.99 Å². The van der Waals surface area contributed by atoms with E-state index in [9.17, 15) is 4.79 Å². The maximum absolute atomic E-state index is 11.9. The summed E-state index contributed by atoms with van der Waals surface area (Å²) < 4.78 is 5.30. The van der Waals surface area contributed by atoms with E-state index in [1.54, 1.807) is 0 Å². The van der Waals surface area contributed by atoms with Crippen LogP contribution in [-0.4, -0.2) is 48.7 Å². The Morgan fingerprint density at radius 3 is 2.32 bits per heavy atom. The van der Waals surface area contributed by atoms with Gasteiger partial charge in [0.25, 0.3) is 0 Å². The van der Waals surface area contributed by atoms with E-state index >= 15 is 0 Å². The normalized spacial score (nSPS) is 13.4. The molecular formula is C15H33IN4O2. The highest BCUT2D eigenvalue weighted by Crippen LogP contribution is 2.11. The van der Waals surface area contributed by atoms with Crippen molar-refractivity contribution in [1.82, 2.24) is 10.2 Å². The third-order valence-corrected chi connectivity index (χ3v) is 2.99. The van der Waals surface area contributed by atoms with Crippen LogP contribution in [0, 0.1) is 5.92 Å². The van der Waals surface area contributed by atoms with Crippen LogP contribution in [0.5, 0.6) is 0 Å². The summed E-state index contributed by atoms with van der Waals surface area (Å²) in [6, 6.07) is 0.0386. The molecule has 0 aliphatic rings. The van der Waals surface area contributed by atoms with Crippen molar-refractivity contribution in [2.45, 2.75) is 59.6 Å². The number of carbonyl (C=O) groups excluding carboxylic acids is 1. The van der Waals surface area contributed by atoms with E-state index in [0.717, 1.165) is 13.0 Å². The van der Waals surface area contributed by atoms with Crippen LogP contribution in [0.2, 0.25) is 0 Å². The number of halogens is 1. The maximum Gasteiger partial charge on any atom is 0.407 e. The Hall–Kier alpha value is -0.730. The number of nitrogens with one attached hydrogen (secondary N) is 1. The second-order valence-corrected chi connectivity index (χ2v) is 6.54. The van der Waals surface area contributed by atoms with E-state index in [2.05, 4.69) is 24.2 Å². The van der Waals surface area contributed by atoms with E-state index in [1.807, 2.05) is 39.6 Å². The van der Waals surface area contributed by atoms with Crippen molar-refractivity contribution in [3.8, 4) is 0 Å². The van der Waals surface area contributed by atoms with Gasteiger partial charge < -0.3 is 20.7 Å². The number of amides is 1. The van der Waals surface area contributed by atoms with Gasteiger partial charge in [-0.25, -0.2) is 4.79 Å². The van der Waals surface area contributed by atoms with Gasteiger partial charge in [-0.1, -0.05) is 13.8 Å². The van der Waals surface area contributed by atoms with E-state index in [-0.39, 0.29) is 36.1 Å². The Bertz CT molecular complexity index is 354. The second kappa shape index (κ2) is 10.9. The Morgan fingerprint density at radius 2 is 1.91 bits per heavy atom. The lowest BCUT2D eigenvalue weighted by Crippen LogP contribution is -2.44. The maximum atomic E-state index is 11.9. The zero-order valence-electron chi connectivity index (χ0n) is 15.0. The van der Waals surface area contributed by atoms with Gasteiger partial charge in [-0.2, -0.15) is 0 Å². The van der Waals surface area contributed by atoms with Crippen LogP contribution in [0.25, 0.3) is 0 Å². The van der Waals surface area contributed by atoms with Crippen molar-refractivity contribution in [3.05, 3.63) is 0 Å². The molecule has 0 radical (unpaired) electrons. The summed E-state index contributed by atoms with van der Waals surface area (Å²) in [6.45, 7) is 13.1. The number of hydrogen-bond acceptors (Lipinski definition) is 3. The average molecular weight is 428 g/mol. The minimum absolute atomic E-state index is 0. The van der Waals surface area contributed by atoms with Crippen LogP contribution < -0.4 is 11.1 Å². The van der Waals surface area contributed by atoms with Crippen molar-refractivity contribution >= 4 is 36.0 Å². The Morgan fingerprint density at radius 1 is 1.36 bits per heavy atom. The highest BCUT2D eigenvalue weighted by Gasteiger charge is 2.21. The lowest BCUT2D eigenvalue weighted by atomic mass is 10.0. The predicted octanol–water partition coefficient (Wildman–Crippen LogP) is 2.81. The van der Waals surface area contributed by atoms with Crippen molar-refractivity contribution < 1.29 is 9.53 Å².